The monoisotopic (exact) mass is 348 g/mol. The molecule has 3 rings (SSSR count). The molecule has 124 valence electrons. The summed E-state index contributed by atoms with van der Waals surface area (Å²) in [5, 5.41) is 12.1. The highest BCUT2D eigenvalue weighted by Gasteiger charge is 2.09. The van der Waals surface area contributed by atoms with Crippen LogP contribution in [0.4, 0.5) is 0 Å². The molecule has 2 aromatic carbocycles. The second kappa shape index (κ2) is 7.65. The number of hydrogen-bond donors (Lipinski definition) is 0. The summed E-state index contributed by atoms with van der Waals surface area (Å²) >= 11 is 1.46. The first-order valence-corrected chi connectivity index (χ1v) is 8.47. The Balaban J connectivity index is 1.87. The lowest BCUT2D eigenvalue weighted by Crippen LogP contribution is -1.85. The lowest BCUT2D eigenvalue weighted by atomic mass is 10.1. The molecule has 25 heavy (non-hydrogen) atoms. The van der Waals surface area contributed by atoms with Crippen molar-refractivity contribution < 1.29 is 9.47 Å². The molecule has 0 unspecified atom stereocenters. The van der Waals surface area contributed by atoms with Gasteiger partial charge in [0.15, 0.2) is 0 Å². The van der Waals surface area contributed by atoms with Crippen LogP contribution >= 0.6 is 11.3 Å². The van der Waals surface area contributed by atoms with Crippen LogP contribution < -0.4 is 9.47 Å². The van der Waals surface area contributed by atoms with Crippen molar-refractivity contribution in [1.82, 2.24) is 4.98 Å². The largest absolute Gasteiger partial charge is 0.497 e. The van der Waals surface area contributed by atoms with Gasteiger partial charge in [0.1, 0.15) is 22.6 Å². The molecule has 0 amide bonds. The Morgan fingerprint density at radius 3 is 2.16 bits per heavy atom. The first-order valence-electron chi connectivity index (χ1n) is 7.59. The zero-order valence-corrected chi connectivity index (χ0v) is 14.7. The normalized spacial score (nSPS) is 11.0. The van der Waals surface area contributed by atoms with Crippen LogP contribution in [-0.2, 0) is 0 Å². The van der Waals surface area contributed by atoms with Gasteiger partial charge < -0.3 is 9.47 Å². The van der Waals surface area contributed by atoms with Crippen LogP contribution in [0.1, 0.15) is 10.6 Å². The van der Waals surface area contributed by atoms with Gasteiger partial charge in [-0.25, -0.2) is 4.98 Å². The number of allylic oxidation sites excluding steroid dienone is 1. The van der Waals surface area contributed by atoms with Crippen molar-refractivity contribution >= 4 is 23.0 Å². The summed E-state index contributed by atoms with van der Waals surface area (Å²) in [6, 6.07) is 17.5. The first kappa shape index (κ1) is 16.7. The van der Waals surface area contributed by atoms with E-state index in [-0.39, 0.29) is 0 Å². The fourth-order valence-electron chi connectivity index (χ4n) is 2.30. The second-order valence-electron chi connectivity index (χ2n) is 5.21. The number of aromatic nitrogens is 1. The van der Waals surface area contributed by atoms with E-state index in [1.807, 2.05) is 60.0 Å². The van der Waals surface area contributed by atoms with Gasteiger partial charge in [-0.05, 0) is 48.0 Å². The third-order valence-corrected chi connectivity index (χ3v) is 4.54. The fraction of sp³-hybridized carbons (Fsp3) is 0.100. The average molecular weight is 348 g/mol. The first-order chi connectivity index (χ1) is 12.2. The number of nitriles is 1. The van der Waals surface area contributed by atoms with Crippen molar-refractivity contribution in [2.75, 3.05) is 14.2 Å². The summed E-state index contributed by atoms with van der Waals surface area (Å²) in [6.45, 7) is 0. The number of rotatable bonds is 5. The number of methoxy groups -OCH3 is 2. The van der Waals surface area contributed by atoms with Gasteiger partial charge >= 0.3 is 0 Å². The molecule has 0 aliphatic heterocycles. The van der Waals surface area contributed by atoms with Crippen LogP contribution in [0.25, 0.3) is 22.9 Å². The van der Waals surface area contributed by atoms with Crippen molar-refractivity contribution in [1.29, 1.82) is 5.26 Å². The second-order valence-corrected chi connectivity index (χ2v) is 6.07. The molecule has 0 fully saturated rings. The maximum atomic E-state index is 9.50. The Morgan fingerprint density at radius 1 is 1.00 bits per heavy atom. The van der Waals surface area contributed by atoms with Gasteiger partial charge in [-0.2, -0.15) is 5.26 Å². The van der Waals surface area contributed by atoms with E-state index in [4.69, 9.17) is 9.47 Å². The highest BCUT2D eigenvalue weighted by molar-refractivity contribution is 7.11. The van der Waals surface area contributed by atoms with Gasteiger partial charge in [-0.3, -0.25) is 0 Å². The van der Waals surface area contributed by atoms with Crippen molar-refractivity contribution in [3.05, 3.63) is 64.5 Å². The lowest BCUT2D eigenvalue weighted by molar-refractivity contribution is 0.414. The van der Waals surface area contributed by atoms with E-state index in [9.17, 15) is 5.26 Å². The Hall–Kier alpha value is -3.10. The molecule has 1 heterocycles. The molecule has 0 spiro atoms. The van der Waals surface area contributed by atoms with E-state index in [1.54, 1.807) is 14.2 Å². The Kier molecular flexibility index (Phi) is 5.12. The summed E-state index contributed by atoms with van der Waals surface area (Å²) in [5.74, 6) is 1.59. The van der Waals surface area contributed by atoms with E-state index >= 15 is 0 Å². The molecule has 1 aromatic heterocycles. The zero-order chi connectivity index (χ0) is 17.6. The molecule has 0 N–H and O–H groups in total. The molecular formula is C20H16N2O2S. The van der Waals surface area contributed by atoms with Crippen molar-refractivity contribution in [3.63, 3.8) is 0 Å². The van der Waals surface area contributed by atoms with Crippen LogP contribution in [0.2, 0.25) is 0 Å². The Labute approximate surface area is 150 Å². The number of ether oxygens (including phenoxy) is 2. The molecule has 0 saturated carbocycles. The van der Waals surface area contributed by atoms with E-state index in [1.165, 1.54) is 11.3 Å². The Morgan fingerprint density at radius 2 is 1.60 bits per heavy atom. The third kappa shape index (κ3) is 3.87. The van der Waals surface area contributed by atoms with E-state index in [0.717, 1.165) is 28.3 Å². The maximum Gasteiger partial charge on any atom is 0.134 e. The van der Waals surface area contributed by atoms with Crippen LogP contribution in [0.5, 0.6) is 11.5 Å². The molecule has 5 heteroatoms. The van der Waals surface area contributed by atoms with E-state index < -0.39 is 0 Å². The molecule has 4 nitrogen and oxygen atoms in total. The van der Waals surface area contributed by atoms with Crippen molar-refractivity contribution in [2.24, 2.45) is 0 Å². The third-order valence-electron chi connectivity index (χ3n) is 3.67. The molecule has 0 aliphatic rings. The van der Waals surface area contributed by atoms with E-state index in [2.05, 4.69) is 11.1 Å². The number of hydrogen-bond acceptors (Lipinski definition) is 5. The van der Waals surface area contributed by atoms with Crippen LogP contribution in [0.3, 0.4) is 0 Å². The summed E-state index contributed by atoms with van der Waals surface area (Å²) in [6.07, 6.45) is 1.83. The number of benzene rings is 2. The van der Waals surface area contributed by atoms with Crippen molar-refractivity contribution in [3.8, 4) is 28.8 Å². The smallest absolute Gasteiger partial charge is 0.134 e. The van der Waals surface area contributed by atoms with Crippen LogP contribution in [0.15, 0.2) is 53.9 Å². The fourth-order valence-corrected chi connectivity index (χ4v) is 3.10. The average Bonchev–Trinajstić information content (AvgIpc) is 3.16. The highest BCUT2D eigenvalue weighted by atomic mass is 32.1. The molecule has 3 aromatic rings. The summed E-state index contributed by atoms with van der Waals surface area (Å²) < 4.78 is 10.3. The molecule has 0 saturated heterocycles. The van der Waals surface area contributed by atoms with E-state index in [0.29, 0.717) is 10.6 Å². The summed E-state index contributed by atoms with van der Waals surface area (Å²) in [4.78, 5) is 4.60. The summed E-state index contributed by atoms with van der Waals surface area (Å²) in [5.41, 5.74) is 3.30. The van der Waals surface area contributed by atoms with Gasteiger partial charge in [-0.1, -0.05) is 12.1 Å². The molecule has 0 bridgehead atoms. The van der Waals surface area contributed by atoms with Gasteiger partial charge in [0, 0.05) is 10.9 Å². The maximum absolute atomic E-state index is 9.50. The number of thiazole rings is 1. The minimum absolute atomic E-state index is 0.537. The topological polar surface area (TPSA) is 55.1 Å². The molecular weight excluding hydrogens is 332 g/mol. The molecule has 0 atom stereocenters. The standard InChI is InChI=1S/C20H16N2O2S/c1-23-17-7-3-14(4-8-17)11-16(12-21)20-22-19(13-25-20)15-5-9-18(24-2)10-6-15/h3-11,13H,1-2H3/b16-11+. The molecule has 0 aliphatic carbocycles. The van der Waals surface area contributed by atoms with Gasteiger partial charge in [-0.15, -0.1) is 11.3 Å². The predicted octanol–water partition coefficient (Wildman–Crippen LogP) is 4.89. The predicted molar refractivity (Wildman–Crippen MR) is 101 cm³/mol. The number of nitrogens with zero attached hydrogens (tertiary/aromatic N) is 2. The van der Waals surface area contributed by atoms with Gasteiger partial charge in [0.05, 0.1) is 25.5 Å². The SMILES string of the molecule is COc1ccc(/C=C(\C#N)c2nc(-c3ccc(OC)cc3)cs2)cc1. The van der Waals surface area contributed by atoms with Crippen LogP contribution in [-0.4, -0.2) is 19.2 Å². The highest BCUT2D eigenvalue weighted by Crippen LogP contribution is 2.28. The van der Waals surface area contributed by atoms with Crippen LogP contribution in [0, 0.1) is 11.3 Å². The molecule has 0 radical (unpaired) electrons. The minimum atomic E-state index is 0.537. The van der Waals surface area contributed by atoms with Gasteiger partial charge in [0.25, 0.3) is 0 Å². The van der Waals surface area contributed by atoms with Gasteiger partial charge in [0.2, 0.25) is 0 Å². The summed E-state index contributed by atoms with van der Waals surface area (Å²) in [7, 11) is 3.26. The quantitative estimate of drug-likeness (QED) is 0.616. The minimum Gasteiger partial charge on any atom is -0.497 e. The van der Waals surface area contributed by atoms with Crippen molar-refractivity contribution in [2.45, 2.75) is 0 Å². The lowest BCUT2D eigenvalue weighted by Gasteiger charge is -2.01. The Bertz CT molecular complexity index is 920. The zero-order valence-electron chi connectivity index (χ0n) is 13.9.